The summed E-state index contributed by atoms with van der Waals surface area (Å²) in [7, 11) is 0. The molecule has 39 heavy (non-hydrogen) atoms. The molecule has 0 radical (unpaired) electrons. The fraction of sp³-hybridized carbons (Fsp3) is 0.300. The second-order valence-electron chi connectivity index (χ2n) is 10.3. The number of carbonyl (C=O) groups excluding carboxylic acids is 2. The minimum Gasteiger partial charge on any atom is -0.507 e. The molecule has 1 aliphatic heterocycles. The molecule has 1 fully saturated rings. The Balaban J connectivity index is 1.85. The number of carbonyl (C=O) groups is 2. The number of likely N-dealkylation sites (tertiary alicyclic amines) is 1. The van der Waals surface area contributed by atoms with Gasteiger partial charge >= 0.3 is 6.18 Å². The highest BCUT2D eigenvalue weighted by Gasteiger charge is 2.46. The maximum atomic E-state index is 13.4. The molecule has 1 unspecified atom stereocenters. The molecular formula is C30H29F3N2O4. The van der Waals surface area contributed by atoms with Crippen molar-refractivity contribution in [2.45, 2.75) is 51.9 Å². The molecule has 9 heteroatoms. The van der Waals surface area contributed by atoms with E-state index in [2.05, 4.69) is 4.98 Å². The van der Waals surface area contributed by atoms with Gasteiger partial charge in [-0.3, -0.25) is 14.6 Å². The van der Waals surface area contributed by atoms with Crippen molar-refractivity contribution < 1.29 is 32.6 Å². The summed E-state index contributed by atoms with van der Waals surface area (Å²) in [5, 5.41) is 11.5. The number of ether oxygens (including phenoxy) is 1. The van der Waals surface area contributed by atoms with Crippen LogP contribution < -0.4 is 4.74 Å². The number of Topliss-reactive ketones (excluding diaryl/α,β-unsaturated/α-hetero) is 1. The van der Waals surface area contributed by atoms with E-state index in [4.69, 9.17) is 4.74 Å². The Bertz CT molecular complexity index is 1430. The van der Waals surface area contributed by atoms with E-state index in [0.29, 0.717) is 23.5 Å². The summed E-state index contributed by atoms with van der Waals surface area (Å²) in [6.07, 6.45) is -1.60. The lowest BCUT2D eigenvalue weighted by Crippen LogP contribution is -2.29. The van der Waals surface area contributed by atoms with Crippen molar-refractivity contribution in [3.8, 4) is 5.75 Å². The van der Waals surface area contributed by atoms with E-state index in [1.807, 2.05) is 27.7 Å². The number of pyridine rings is 1. The number of halogens is 3. The van der Waals surface area contributed by atoms with Gasteiger partial charge in [-0.1, -0.05) is 32.9 Å². The van der Waals surface area contributed by atoms with Gasteiger partial charge in [0.05, 0.1) is 23.8 Å². The third-order valence-electron chi connectivity index (χ3n) is 6.53. The minimum atomic E-state index is -4.56. The topological polar surface area (TPSA) is 79.7 Å². The maximum absolute atomic E-state index is 13.4. The molecule has 0 aliphatic carbocycles. The minimum absolute atomic E-state index is 0.151. The Morgan fingerprint density at radius 3 is 2.33 bits per heavy atom. The third kappa shape index (κ3) is 5.67. The van der Waals surface area contributed by atoms with Crippen LogP contribution in [0.25, 0.3) is 5.76 Å². The van der Waals surface area contributed by atoms with Crippen LogP contribution in [0.5, 0.6) is 5.75 Å². The van der Waals surface area contributed by atoms with Crippen molar-refractivity contribution in [2.24, 2.45) is 0 Å². The molecule has 1 amide bonds. The van der Waals surface area contributed by atoms with Gasteiger partial charge in [-0.15, -0.1) is 0 Å². The zero-order valence-corrected chi connectivity index (χ0v) is 22.0. The van der Waals surface area contributed by atoms with Crippen molar-refractivity contribution in [3.05, 3.63) is 100 Å². The van der Waals surface area contributed by atoms with Gasteiger partial charge in [0, 0.05) is 30.1 Å². The molecule has 1 saturated heterocycles. The molecule has 0 bridgehead atoms. The monoisotopic (exact) mass is 538 g/mol. The summed E-state index contributed by atoms with van der Waals surface area (Å²) in [6, 6.07) is 11.8. The largest absolute Gasteiger partial charge is 0.507 e. The molecule has 0 spiro atoms. The normalized spacial score (nSPS) is 17.5. The van der Waals surface area contributed by atoms with Crippen LogP contribution in [0.2, 0.25) is 0 Å². The number of hydrogen-bond donors (Lipinski definition) is 1. The first-order chi connectivity index (χ1) is 18.3. The van der Waals surface area contributed by atoms with Crippen LogP contribution in [0.4, 0.5) is 13.2 Å². The number of aliphatic hydroxyl groups is 1. The van der Waals surface area contributed by atoms with E-state index >= 15 is 0 Å². The lowest BCUT2D eigenvalue weighted by molar-refractivity contribution is -0.140. The average molecular weight is 539 g/mol. The van der Waals surface area contributed by atoms with Crippen LogP contribution >= 0.6 is 0 Å². The fourth-order valence-corrected chi connectivity index (χ4v) is 4.68. The number of rotatable bonds is 6. The first kappa shape index (κ1) is 27.9. The van der Waals surface area contributed by atoms with E-state index in [1.54, 1.807) is 30.3 Å². The zero-order chi connectivity index (χ0) is 28.5. The Morgan fingerprint density at radius 1 is 1.03 bits per heavy atom. The standard InChI is InChI=1S/C30H29F3N2O4/c1-5-39-23-10-9-20(16-22(23)29(2,3)4)26(36)24-25(19-11-13-34-14-12-19)35(28(38)27(24)37)17-18-7-6-8-21(15-18)30(31,32)33/h6-16,25,36H,5,17H2,1-4H3/b26-24-. The van der Waals surface area contributed by atoms with Crippen LogP contribution in [0.15, 0.2) is 72.6 Å². The number of alkyl halides is 3. The number of nitrogens with zero attached hydrogens (tertiary/aromatic N) is 2. The summed E-state index contributed by atoms with van der Waals surface area (Å²) in [5.41, 5.74) is 0.428. The molecule has 3 aromatic rings. The first-order valence-corrected chi connectivity index (χ1v) is 12.4. The number of hydrogen-bond acceptors (Lipinski definition) is 5. The molecule has 2 aromatic carbocycles. The van der Waals surface area contributed by atoms with E-state index in [1.165, 1.54) is 29.4 Å². The average Bonchev–Trinajstić information content (AvgIpc) is 3.13. The van der Waals surface area contributed by atoms with Gasteiger partial charge in [0.1, 0.15) is 11.5 Å². The highest BCUT2D eigenvalue weighted by atomic mass is 19.4. The number of amides is 1. The zero-order valence-electron chi connectivity index (χ0n) is 22.0. The molecule has 1 N–H and O–H groups in total. The van der Waals surface area contributed by atoms with Gasteiger partial charge in [-0.25, -0.2) is 0 Å². The van der Waals surface area contributed by atoms with E-state index in [-0.39, 0.29) is 28.9 Å². The Hall–Kier alpha value is -4.14. The molecule has 1 atom stereocenters. The summed E-state index contributed by atoms with van der Waals surface area (Å²) in [5.74, 6) is -1.59. The summed E-state index contributed by atoms with van der Waals surface area (Å²) >= 11 is 0. The van der Waals surface area contributed by atoms with Crippen LogP contribution in [-0.2, 0) is 27.7 Å². The van der Waals surface area contributed by atoms with Gasteiger partial charge in [0.2, 0.25) is 0 Å². The quantitative estimate of drug-likeness (QED) is 0.223. The van der Waals surface area contributed by atoms with Gasteiger partial charge < -0.3 is 14.7 Å². The van der Waals surface area contributed by atoms with Gasteiger partial charge in [0.15, 0.2) is 0 Å². The maximum Gasteiger partial charge on any atom is 0.416 e. The van der Waals surface area contributed by atoms with Crippen LogP contribution in [-0.4, -0.2) is 33.3 Å². The highest BCUT2D eigenvalue weighted by molar-refractivity contribution is 6.46. The van der Waals surface area contributed by atoms with Crippen molar-refractivity contribution in [3.63, 3.8) is 0 Å². The number of aromatic nitrogens is 1. The Morgan fingerprint density at radius 2 is 1.72 bits per heavy atom. The van der Waals surface area contributed by atoms with Crippen molar-refractivity contribution in [1.29, 1.82) is 0 Å². The number of aliphatic hydroxyl groups excluding tert-OH is 1. The van der Waals surface area contributed by atoms with Gasteiger partial charge in [-0.05, 0) is 65.9 Å². The summed E-state index contributed by atoms with van der Waals surface area (Å²) in [6.45, 7) is 7.99. The van der Waals surface area contributed by atoms with Crippen molar-refractivity contribution in [1.82, 2.24) is 9.88 Å². The predicted molar refractivity (Wildman–Crippen MR) is 140 cm³/mol. The Labute approximate surface area is 224 Å². The summed E-state index contributed by atoms with van der Waals surface area (Å²) in [4.78, 5) is 31.8. The molecule has 4 rings (SSSR count). The van der Waals surface area contributed by atoms with Crippen LogP contribution in [0.3, 0.4) is 0 Å². The van der Waals surface area contributed by atoms with Crippen LogP contribution in [0.1, 0.15) is 61.6 Å². The molecule has 204 valence electrons. The predicted octanol–water partition coefficient (Wildman–Crippen LogP) is 6.42. The first-order valence-electron chi connectivity index (χ1n) is 12.4. The number of benzene rings is 2. The molecule has 2 heterocycles. The lowest BCUT2D eigenvalue weighted by Gasteiger charge is -2.26. The fourth-order valence-electron chi connectivity index (χ4n) is 4.68. The van der Waals surface area contributed by atoms with Crippen LogP contribution in [0, 0.1) is 0 Å². The summed E-state index contributed by atoms with van der Waals surface area (Å²) < 4.78 is 45.7. The second kappa shape index (κ2) is 10.6. The number of ketones is 1. The molecule has 1 aromatic heterocycles. The van der Waals surface area contributed by atoms with Crippen molar-refractivity contribution >= 4 is 17.4 Å². The molecule has 0 saturated carbocycles. The van der Waals surface area contributed by atoms with Crippen molar-refractivity contribution in [2.75, 3.05) is 6.61 Å². The molecule has 6 nitrogen and oxygen atoms in total. The SMILES string of the molecule is CCOc1ccc(/C(O)=C2/C(=O)C(=O)N(Cc3cccc(C(F)(F)F)c3)C2c2ccncc2)cc1C(C)(C)C. The van der Waals surface area contributed by atoms with E-state index in [9.17, 15) is 27.9 Å². The third-order valence-corrected chi connectivity index (χ3v) is 6.53. The lowest BCUT2D eigenvalue weighted by atomic mass is 9.84. The van der Waals surface area contributed by atoms with Gasteiger partial charge in [-0.2, -0.15) is 13.2 Å². The second-order valence-corrected chi connectivity index (χ2v) is 10.3. The highest BCUT2D eigenvalue weighted by Crippen LogP contribution is 2.42. The molecule has 1 aliphatic rings. The van der Waals surface area contributed by atoms with E-state index in [0.717, 1.165) is 17.7 Å². The van der Waals surface area contributed by atoms with Gasteiger partial charge in [0.25, 0.3) is 11.7 Å². The van der Waals surface area contributed by atoms with E-state index < -0.39 is 29.5 Å². The smallest absolute Gasteiger partial charge is 0.416 e. The Kier molecular flexibility index (Phi) is 7.54. The molecular weight excluding hydrogens is 509 g/mol.